The zero-order valence-corrected chi connectivity index (χ0v) is 18.6. The van der Waals surface area contributed by atoms with E-state index < -0.39 is 5.60 Å². The smallest absolute Gasteiger partial charge is 0.253 e. The zero-order chi connectivity index (χ0) is 22.5. The molecule has 0 radical (unpaired) electrons. The molecular formula is C26H28N2O4. The topological polar surface area (TPSA) is 75.7 Å². The molecule has 1 N–H and O–H groups in total. The summed E-state index contributed by atoms with van der Waals surface area (Å²) in [5.74, 6) is 0.863. The average molecular weight is 433 g/mol. The number of likely N-dealkylation sites (tertiary alicyclic amines) is 1. The van der Waals surface area contributed by atoms with Crippen LogP contribution in [0.5, 0.6) is 5.75 Å². The van der Waals surface area contributed by atoms with E-state index in [1.165, 1.54) is 0 Å². The second-order valence-electron chi connectivity index (χ2n) is 9.34. The van der Waals surface area contributed by atoms with Gasteiger partial charge in [-0.1, -0.05) is 6.07 Å². The van der Waals surface area contributed by atoms with Gasteiger partial charge in [0.15, 0.2) is 5.78 Å². The molecule has 3 heterocycles. The summed E-state index contributed by atoms with van der Waals surface area (Å²) in [5.41, 5.74) is 4.74. The fourth-order valence-corrected chi connectivity index (χ4v) is 5.07. The molecule has 6 nitrogen and oxygen atoms in total. The van der Waals surface area contributed by atoms with Crippen molar-refractivity contribution < 1.29 is 19.1 Å². The van der Waals surface area contributed by atoms with E-state index in [2.05, 4.69) is 5.32 Å². The van der Waals surface area contributed by atoms with Crippen molar-refractivity contribution in [2.45, 2.75) is 58.0 Å². The number of nitrogens with one attached hydrogen (secondary N) is 1. The van der Waals surface area contributed by atoms with Crippen LogP contribution in [0.15, 0.2) is 30.3 Å². The number of hydrogen-bond donors (Lipinski definition) is 1. The van der Waals surface area contributed by atoms with Crippen LogP contribution in [-0.4, -0.2) is 41.2 Å². The molecule has 1 fully saturated rings. The van der Waals surface area contributed by atoms with Crippen LogP contribution in [0.3, 0.4) is 0 Å². The molecule has 3 aliphatic rings. The minimum absolute atomic E-state index is 0.00668. The first-order chi connectivity index (χ1) is 15.3. The molecule has 166 valence electrons. The van der Waals surface area contributed by atoms with Gasteiger partial charge in [-0.3, -0.25) is 14.4 Å². The predicted molar refractivity (Wildman–Crippen MR) is 121 cm³/mol. The Bertz CT molecular complexity index is 1130. The van der Waals surface area contributed by atoms with Crippen LogP contribution < -0.4 is 10.1 Å². The van der Waals surface area contributed by atoms with E-state index in [1.807, 2.05) is 43.0 Å². The largest absolute Gasteiger partial charge is 0.486 e. The number of anilines is 1. The van der Waals surface area contributed by atoms with Crippen molar-refractivity contribution in [2.75, 3.05) is 18.4 Å². The van der Waals surface area contributed by atoms with E-state index in [0.717, 1.165) is 35.2 Å². The number of benzene rings is 2. The Balaban J connectivity index is 1.31. The number of amides is 2. The van der Waals surface area contributed by atoms with Gasteiger partial charge < -0.3 is 15.0 Å². The summed E-state index contributed by atoms with van der Waals surface area (Å²) in [7, 11) is 0. The van der Waals surface area contributed by atoms with Gasteiger partial charge in [0.2, 0.25) is 5.91 Å². The molecule has 32 heavy (non-hydrogen) atoms. The lowest BCUT2D eigenvalue weighted by atomic mass is 9.81. The van der Waals surface area contributed by atoms with Crippen LogP contribution in [-0.2, 0) is 11.2 Å². The molecule has 0 aromatic heterocycles. The molecule has 2 aromatic rings. The van der Waals surface area contributed by atoms with Crippen LogP contribution >= 0.6 is 0 Å². The summed E-state index contributed by atoms with van der Waals surface area (Å²) in [6.45, 7) is 5.14. The number of ether oxygens (including phenoxy) is 1. The molecule has 5 rings (SSSR count). The van der Waals surface area contributed by atoms with Gasteiger partial charge in [-0.25, -0.2) is 0 Å². The molecule has 1 spiro atoms. The van der Waals surface area contributed by atoms with Crippen molar-refractivity contribution in [3.8, 4) is 5.75 Å². The third-order valence-corrected chi connectivity index (χ3v) is 7.22. The van der Waals surface area contributed by atoms with Crippen LogP contribution in [0, 0.1) is 13.8 Å². The van der Waals surface area contributed by atoms with Gasteiger partial charge in [0.05, 0.1) is 12.0 Å². The van der Waals surface area contributed by atoms with Gasteiger partial charge >= 0.3 is 0 Å². The summed E-state index contributed by atoms with van der Waals surface area (Å²) in [6.07, 6.45) is 3.72. The molecule has 6 heteroatoms. The van der Waals surface area contributed by atoms with Crippen molar-refractivity contribution in [3.63, 3.8) is 0 Å². The lowest BCUT2D eigenvalue weighted by molar-refractivity contribution is -0.116. The number of rotatable bonds is 1. The minimum Gasteiger partial charge on any atom is -0.486 e. The number of nitrogens with zero attached hydrogens (tertiary/aromatic N) is 1. The Morgan fingerprint density at radius 3 is 2.62 bits per heavy atom. The maximum Gasteiger partial charge on any atom is 0.253 e. The molecule has 1 saturated heterocycles. The standard InChI is InChI=1S/C26H28N2O4/c1-16-6-8-20-22(29)15-26(32-24(20)17(16)2)10-12-28(13-11-26)25(31)19-7-9-21-18(14-19)4-3-5-23(30)27-21/h6-9,14H,3-5,10-13,15H2,1-2H3,(H,27,30). The van der Waals surface area contributed by atoms with Crippen LogP contribution in [0.4, 0.5) is 5.69 Å². The van der Waals surface area contributed by atoms with Crippen molar-refractivity contribution in [3.05, 3.63) is 58.1 Å². The monoisotopic (exact) mass is 432 g/mol. The summed E-state index contributed by atoms with van der Waals surface area (Å²) in [4.78, 5) is 39.7. The fourth-order valence-electron chi connectivity index (χ4n) is 5.07. The lowest BCUT2D eigenvalue weighted by Crippen LogP contribution is -2.52. The normalized spacial score (nSPS) is 19.5. The number of carbonyl (C=O) groups excluding carboxylic acids is 3. The SMILES string of the molecule is Cc1ccc2c(c1C)OC1(CCN(C(=O)c3ccc4c(c3)CCCC(=O)N4)CC1)CC2=O. The van der Waals surface area contributed by atoms with Gasteiger partial charge in [-0.15, -0.1) is 0 Å². The fraction of sp³-hybridized carbons (Fsp3) is 0.423. The Morgan fingerprint density at radius 2 is 1.84 bits per heavy atom. The first-order valence-electron chi connectivity index (χ1n) is 11.4. The third-order valence-electron chi connectivity index (χ3n) is 7.22. The maximum atomic E-state index is 13.2. The van der Waals surface area contributed by atoms with Crippen molar-refractivity contribution in [1.29, 1.82) is 0 Å². The Kier molecular flexibility index (Phi) is 5.03. The number of hydrogen-bond acceptors (Lipinski definition) is 4. The molecule has 3 aliphatic heterocycles. The summed E-state index contributed by atoms with van der Waals surface area (Å²) in [6, 6.07) is 9.38. The maximum absolute atomic E-state index is 13.2. The van der Waals surface area contributed by atoms with Crippen molar-refractivity contribution in [2.24, 2.45) is 0 Å². The van der Waals surface area contributed by atoms with Gasteiger partial charge in [0.1, 0.15) is 11.4 Å². The number of piperidine rings is 1. The molecular weight excluding hydrogens is 404 g/mol. The highest BCUT2D eigenvalue weighted by Crippen LogP contribution is 2.42. The molecule has 2 aromatic carbocycles. The molecule has 0 unspecified atom stereocenters. The van der Waals surface area contributed by atoms with Gasteiger partial charge in [-0.05, 0) is 67.6 Å². The molecule has 2 amide bonds. The first kappa shape index (κ1) is 20.7. The van der Waals surface area contributed by atoms with Crippen LogP contribution in [0.2, 0.25) is 0 Å². The number of Topliss-reactive ketones (excluding diaryl/α,β-unsaturated/α-hetero) is 1. The predicted octanol–water partition coefficient (Wildman–Crippen LogP) is 4.22. The number of aryl methyl sites for hydroxylation is 2. The van der Waals surface area contributed by atoms with Gasteiger partial charge in [0, 0.05) is 43.6 Å². The molecule has 0 bridgehead atoms. The second-order valence-corrected chi connectivity index (χ2v) is 9.34. The van der Waals surface area contributed by atoms with E-state index in [0.29, 0.717) is 55.6 Å². The number of ketones is 1. The highest BCUT2D eigenvalue weighted by Gasteiger charge is 2.44. The van der Waals surface area contributed by atoms with E-state index >= 15 is 0 Å². The Hall–Kier alpha value is -3.15. The molecule has 0 atom stereocenters. The first-order valence-corrected chi connectivity index (χ1v) is 11.4. The van der Waals surface area contributed by atoms with Gasteiger partial charge in [-0.2, -0.15) is 0 Å². The highest BCUT2D eigenvalue weighted by molar-refractivity contribution is 6.01. The Labute approximate surface area is 187 Å². The van der Waals surface area contributed by atoms with E-state index in [9.17, 15) is 14.4 Å². The molecule has 0 saturated carbocycles. The summed E-state index contributed by atoms with van der Waals surface area (Å²) < 4.78 is 6.48. The minimum atomic E-state index is -0.530. The number of fused-ring (bicyclic) bond motifs is 2. The zero-order valence-electron chi connectivity index (χ0n) is 18.6. The highest BCUT2D eigenvalue weighted by atomic mass is 16.5. The molecule has 0 aliphatic carbocycles. The lowest BCUT2D eigenvalue weighted by Gasteiger charge is -2.44. The van der Waals surface area contributed by atoms with E-state index in [1.54, 1.807) is 6.07 Å². The Morgan fingerprint density at radius 1 is 1.06 bits per heavy atom. The summed E-state index contributed by atoms with van der Waals surface area (Å²) in [5, 5.41) is 2.92. The van der Waals surface area contributed by atoms with Crippen LogP contribution in [0.1, 0.15) is 69.5 Å². The van der Waals surface area contributed by atoms with E-state index in [-0.39, 0.29) is 17.6 Å². The van der Waals surface area contributed by atoms with Crippen LogP contribution in [0.25, 0.3) is 0 Å². The third kappa shape index (κ3) is 3.57. The van der Waals surface area contributed by atoms with Crippen molar-refractivity contribution >= 4 is 23.3 Å². The van der Waals surface area contributed by atoms with Crippen molar-refractivity contribution in [1.82, 2.24) is 4.90 Å². The summed E-state index contributed by atoms with van der Waals surface area (Å²) >= 11 is 0. The second kappa shape index (κ2) is 7.76. The van der Waals surface area contributed by atoms with E-state index in [4.69, 9.17) is 4.74 Å². The quantitative estimate of drug-likeness (QED) is 0.732. The van der Waals surface area contributed by atoms with Gasteiger partial charge in [0.25, 0.3) is 5.91 Å². The number of carbonyl (C=O) groups is 3. The average Bonchev–Trinajstić information content (AvgIpc) is 2.96.